The lowest BCUT2D eigenvalue weighted by molar-refractivity contribution is 0.0347. The third kappa shape index (κ3) is 13.8. The molecule has 0 bridgehead atoms. The molecule has 1 atom stereocenters. The normalized spacial score (nSPS) is 12.9. The van der Waals surface area contributed by atoms with Crippen molar-refractivity contribution in [2.24, 2.45) is 0 Å². The molecule has 104 valence electrons. The van der Waals surface area contributed by atoms with Crippen LogP contribution in [0.5, 0.6) is 0 Å². The summed E-state index contributed by atoms with van der Waals surface area (Å²) < 4.78 is 10.3. The molecule has 4 heteroatoms. The van der Waals surface area contributed by atoms with Crippen LogP contribution in [0.4, 0.5) is 0 Å². The Morgan fingerprint density at radius 3 is 2.59 bits per heavy atom. The molecule has 0 fully saturated rings. The number of hydrogen-bond donors (Lipinski definition) is 2. The fourth-order valence-electron chi connectivity index (χ4n) is 1.53. The van der Waals surface area contributed by atoms with Crippen molar-refractivity contribution >= 4 is 0 Å². The number of aliphatic hydroxyl groups is 1. The molecule has 0 aliphatic carbocycles. The van der Waals surface area contributed by atoms with Gasteiger partial charge < -0.3 is 19.9 Å². The van der Waals surface area contributed by atoms with E-state index >= 15 is 0 Å². The van der Waals surface area contributed by atoms with Crippen molar-refractivity contribution in [2.45, 2.75) is 45.1 Å². The molecule has 0 aromatic rings. The van der Waals surface area contributed by atoms with Gasteiger partial charge in [0.2, 0.25) is 0 Å². The van der Waals surface area contributed by atoms with Crippen LogP contribution < -0.4 is 5.32 Å². The minimum Gasteiger partial charge on any atom is -0.389 e. The summed E-state index contributed by atoms with van der Waals surface area (Å²) in [5.74, 6) is 0. The van der Waals surface area contributed by atoms with E-state index in [0.29, 0.717) is 19.8 Å². The standard InChI is InChI=1S/C13H29NO3/c1-3-4-5-6-7-9-17-12-13(15)11-14-8-10-16-2/h13-15H,3-12H2,1-2H3. The van der Waals surface area contributed by atoms with Gasteiger partial charge in [-0.3, -0.25) is 0 Å². The van der Waals surface area contributed by atoms with Gasteiger partial charge in [0.15, 0.2) is 0 Å². The quantitative estimate of drug-likeness (QED) is 0.485. The van der Waals surface area contributed by atoms with Crippen LogP contribution in [0.3, 0.4) is 0 Å². The predicted molar refractivity (Wildman–Crippen MR) is 70.3 cm³/mol. The van der Waals surface area contributed by atoms with E-state index in [4.69, 9.17) is 9.47 Å². The molecule has 0 aliphatic heterocycles. The molecule has 0 amide bonds. The number of hydrogen-bond acceptors (Lipinski definition) is 4. The fraction of sp³-hybridized carbons (Fsp3) is 1.00. The summed E-state index contributed by atoms with van der Waals surface area (Å²) >= 11 is 0. The van der Waals surface area contributed by atoms with E-state index in [0.717, 1.165) is 19.6 Å². The Labute approximate surface area is 106 Å². The van der Waals surface area contributed by atoms with Crippen LogP contribution in [-0.2, 0) is 9.47 Å². The number of aliphatic hydroxyl groups excluding tert-OH is 1. The van der Waals surface area contributed by atoms with E-state index < -0.39 is 6.10 Å². The summed E-state index contributed by atoms with van der Waals surface area (Å²) in [6.45, 7) is 5.41. The lowest BCUT2D eigenvalue weighted by atomic mass is 10.2. The minimum atomic E-state index is -0.414. The van der Waals surface area contributed by atoms with Crippen molar-refractivity contribution in [3.05, 3.63) is 0 Å². The number of rotatable bonds is 13. The van der Waals surface area contributed by atoms with Crippen molar-refractivity contribution in [1.82, 2.24) is 5.32 Å². The largest absolute Gasteiger partial charge is 0.389 e. The number of methoxy groups -OCH3 is 1. The van der Waals surface area contributed by atoms with Gasteiger partial charge in [-0.15, -0.1) is 0 Å². The molecule has 17 heavy (non-hydrogen) atoms. The van der Waals surface area contributed by atoms with Gasteiger partial charge in [0.05, 0.1) is 19.3 Å². The maximum atomic E-state index is 9.56. The molecule has 2 N–H and O–H groups in total. The summed E-state index contributed by atoms with van der Waals surface area (Å²) in [6, 6.07) is 0. The topological polar surface area (TPSA) is 50.7 Å². The van der Waals surface area contributed by atoms with Gasteiger partial charge in [-0.2, -0.15) is 0 Å². The first-order valence-electron chi connectivity index (χ1n) is 6.76. The molecule has 0 spiro atoms. The summed E-state index contributed by atoms with van der Waals surface area (Å²) in [5, 5.41) is 12.7. The Balaban J connectivity index is 3.08. The van der Waals surface area contributed by atoms with Gasteiger partial charge >= 0.3 is 0 Å². The Bertz CT molecular complexity index is 145. The summed E-state index contributed by atoms with van der Waals surface area (Å²) in [5.41, 5.74) is 0. The molecule has 0 saturated heterocycles. The highest BCUT2D eigenvalue weighted by Gasteiger charge is 2.02. The second kappa shape index (κ2) is 13.9. The van der Waals surface area contributed by atoms with Crippen LogP contribution in [0.1, 0.15) is 39.0 Å². The van der Waals surface area contributed by atoms with Gasteiger partial charge in [0, 0.05) is 26.8 Å². The molecule has 1 unspecified atom stereocenters. The molecule has 0 aliphatic rings. The Morgan fingerprint density at radius 1 is 1.12 bits per heavy atom. The number of nitrogens with one attached hydrogen (secondary N) is 1. The van der Waals surface area contributed by atoms with Gasteiger partial charge in [-0.25, -0.2) is 0 Å². The maximum Gasteiger partial charge on any atom is 0.0897 e. The van der Waals surface area contributed by atoms with Crippen LogP contribution in [0.25, 0.3) is 0 Å². The van der Waals surface area contributed by atoms with E-state index in [1.54, 1.807) is 7.11 Å². The predicted octanol–water partition coefficient (Wildman–Crippen LogP) is 1.57. The third-order valence-corrected chi connectivity index (χ3v) is 2.57. The molecular formula is C13H29NO3. The van der Waals surface area contributed by atoms with Crippen LogP contribution in [0.15, 0.2) is 0 Å². The van der Waals surface area contributed by atoms with Crippen molar-refractivity contribution in [3.8, 4) is 0 Å². The van der Waals surface area contributed by atoms with E-state index in [1.807, 2.05) is 0 Å². The zero-order chi connectivity index (χ0) is 12.8. The van der Waals surface area contributed by atoms with Crippen LogP contribution in [-0.4, -0.2) is 51.2 Å². The first kappa shape index (κ1) is 16.8. The van der Waals surface area contributed by atoms with Gasteiger partial charge in [0.25, 0.3) is 0 Å². The van der Waals surface area contributed by atoms with E-state index in [-0.39, 0.29) is 0 Å². The smallest absolute Gasteiger partial charge is 0.0897 e. The SMILES string of the molecule is CCCCCCCOCC(O)CNCCOC. The molecule has 0 radical (unpaired) electrons. The van der Waals surface area contributed by atoms with Crippen LogP contribution in [0.2, 0.25) is 0 Å². The van der Waals surface area contributed by atoms with Gasteiger partial charge in [0.1, 0.15) is 0 Å². The van der Waals surface area contributed by atoms with Crippen LogP contribution in [0, 0.1) is 0 Å². The summed E-state index contributed by atoms with van der Waals surface area (Å²) in [7, 11) is 1.67. The Kier molecular flexibility index (Phi) is 13.8. The van der Waals surface area contributed by atoms with Crippen molar-refractivity contribution in [3.63, 3.8) is 0 Å². The fourth-order valence-corrected chi connectivity index (χ4v) is 1.53. The maximum absolute atomic E-state index is 9.56. The lowest BCUT2D eigenvalue weighted by Gasteiger charge is -2.12. The highest BCUT2D eigenvalue weighted by Crippen LogP contribution is 2.02. The van der Waals surface area contributed by atoms with E-state index in [2.05, 4.69) is 12.2 Å². The monoisotopic (exact) mass is 247 g/mol. The zero-order valence-electron chi connectivity index (χ0n) is 11.4. The Morgan fingerprint density at radius 2 is 1.88 bits per heavy atom. The van der Waals surface area contributed by atoms with E-state index in [9.17, 15) is 5.11 Å². The highest BCUT2D eigenvalue weighted by molar-refractivity contribution is 4.57. The second-order valence-corrected chi connectivity index (χ2v) is 4.34. The Hall–Kier alpha value is -0.160. The average molecular weight is 247 g/mol. The van der Waals surface area contributed by atoms with E-state index in [1.165, 1.54) is 25.7 Å². The second-order valence-electron chi connectivity index (χ2n) is 4.34. The van der Waals surface area contributed by atoms with Crippen molar-refractivity contribution in [1.29, 1.82) is 0 Å². The van der Waals surface area contributed by atoms with Crippen molar-refractivity contribution in [2.75, 3.05) is 40.0 Å². The van der Waals surface area contributed by atoms with Crippen LogP contribution >= 0.6 is 0 Å². The molecule has 4 nitrogen and oxygen atoms in total. The first-order chi connectivity index (χ1) is 8.31. The molecule has 0 heterocycles. The summed E-state index contributed by atoms with van der Waals surface area (Å²) in [6.07, 6.45) is 5.79. The average Bonchev–Trinajstić information content (AvgIpc) is 2.33. The zero-order valence-corrected chi connectivity index (χ0v) is 11.4. The number of unbranched alkanes of at least 4 members (excludes halogenated alkanes) is 4. The third-order valence-electron chi connectivity index (χ3n) is 2.57. The molecule has 0 aromatic carbocycles. The molecule has 0 rings (SSSR count). The molecular weight excluding hydrogens is 218 g/mol. The minimum absolute atomic E-state index is 0.414. The lowest BCUT2D eigenvalue weighted by Crippen LogP contribution is -2.32. The van der Waals surface area contributed by atoms with Crippen molar-refractivity contribution < 1.29 is 14.6 Å². The number of ether oxygens (including phenoxy) is 2. The van der Waals surface area contributed by atoms with Gasteiger partial charge in [-0.05, 0) is 6.42 Å². The van der Waals surface area contributed by atoms with Gasteiger partial charge in [-0.1, -0.05) is 32.6 Å². The highest BCUT2D eigenvalue weighted by atomic mass is 16.5. The molecule has 0 aromatic heterocycles. The molecule has 0 saturated carbocycles. The summed E-state index contributed by atoms with van der Waals surface area (Å²) in [4.78, 5) is 0. The first-order valence-corrected chi connectivity index (χ1v) is 6.76.